The van der Waals surface area contributed by atoms with Gasteiger partial charge in [0.25, 0.3) is 0 Å². The van der Waals surface area contributed by atoms with Crippen molar-refractivity contribution in [1.29, 1.82) is 0 Å². The van der Waals surface area contributed by atoms with Gasteiger partial charge in [-0.05, 0) is 43.5 Å². The number of aryl methyl sites for hydroxylation is 2. The lowest BCUT2D eigenvalue weighted by atomic mass is 9.97. The van der Waals surface area contributed by atoms with E-state index in [0.29, 0.717) is 6.42 Å². The van der Waals surface area contributed by atoms with E-state index in [0.717, 1.165) is 68.2 Å². The first kappa shape index (κ1) is 17.0. The van der Waals surface area contributed by atoms with E-state index >= 15 is 0 Å². The molecule has 1 fully saturated rings. The summed E-state index contributed by atoms with van der Waals surface area (Å²) in [5.41, 5.74) is 2.92. The van der Waals surface area contributed by atoms with Crippen molar-refractivity contribution in [2.75, 3.05) is 39.3 Å². The fourth-order valence-corrected chi connectivity index (χ4v) is 2.99. The third-order valence-electron chi connectivity index (χ3n) is 4.12. The molecule has 122 valence electrons. The smallest absolute Gasteiger partial charge is 0.164 e. The number of rotatable bonds is 7. The van der Waals surface area contributed by atoms with Gasteiger partial charge in [0.05, 0.1) is 6.61 Å². The van der Waals surface area contributed by atoms with Gasteiger partial charge >= 0.3 is 0 Å². The summed E-state index contributed by atoms with van der Waals surface area (Å²) in [6.07, 6.45) is 1.58. The molecule has 0 radical (unpaired) electrons. The molecule has 4 heteroatoms. The van der Waals surface area contributed by atoms with Crippen LogP contribution in [0.4, 0.5) is 0 Å². The molecule has 1 aliphatic heterocycles. The van der Waals surface area contributed by atoms with E-state index in [-0.39, 0.29) is 5.78 Å². The van der Waals surface area contributed by atoms with Gasteiger partial charge in [-0.1, -0.05) is 6.92 Å². The van der Waals surface area contributed by atoms with Crippen LogP contribution >= 0.6 is 0 Å². The van der Waals surface area contributed by atoms with E-state index < -0.39 is 0 Å². The number of hydrogen-bond donors (Lipinski definition) is 1. The zero-order valence-corrected chi connectivity index (χ0v) is 14.1. The van der Waals surface area contributed by atoms with E-state index in [9.17, 15) is 4.79 Å². The zero-order valence-electron chi connectivity index (χ0n) is 14.1. The monoisotopic (exact) mass is 304 g/mol. The average molecular weight is 304 g/mol. The predicted molar refractivity (Wildman–Crippen MR) is 90.0 cm³/mol. The Morgan fingerprint density at radius 1 is 1.23 bits per heavy atom. The van der Waals surface area contributed by atoms with Crippen LogP contribution in [0.1, 0.15) is 41.3 Å². The molecule has 1 heterocycles. The zero-order chi connectivity index (χ0) is 15.9. The van der Waals surface area contributed by atoms with Crippen molar-refractivity contribution in [2.24, 2.45) is 0 Å². The molecule has 0 unspecified atom stereocenters. The van der Waals surface area contributed by atoms with Gasteiger partial charge < -0.3 is 15.0 Å². The maximum absolute atomic E-state index is 12.6. The Labute approximate surface area is 133 Å². The Hall–Kier alpha value is -1.39. The second-order valence-corrected chi connectivity index (χ2v) is 6.05. The number of hydrogen-bond acceptors (Lipinski definition) is 4. The van der Waals surface area contributed by atoms with Gasteiger partial charge in [0.15, 0.2) is 5.78 Å². The molecule has 0 bridgehead atoms. The highest BCUT2D eigenvalue weighted by Gasteiger charge is 2.16. The highest BCUT2D eigenvalue weighted by Crippen LogP contribution is 2.23. The third kappa shape index (κ3) is 4.55. The minimum Gasteiger partial charge on any atom is -0.494 e. The highest BCUT2D eigenvalue weighted by molar-refractivity contribution is 5.99. The molecule has 0 saturated carbocycles. The summed E-state index contributed by atoms with van der Waals surface area (Å²) in [5.74, 6) is 1.12. The minimum atomic E-state index is 0.246. The molecule has 0 aromatic heterocycles. The summed E-state index contributed by atoms with van der Waals surface area (Å²) in [6.45, 7) is 11.8. The van der Waals surface area contributed by atoms with Crippen LogP contribution in [0.5, 0.6) is 5.75 Å². The number of nitrogens with zero attached hydrogens (tertiary/aromatic N) is 1. The standard InChI is InChI=1S/C18H28N2O2/c1-4-11-22-16-12-14(2)18(15(3)13-16)17(21)5-8-20-9-6-19-7-10-20/h12-13,19H,4-11H2,1-3H3. The van der Waals surface area contributed by atoms with Gasteiger partial charge in [-0.3, -0.25) is 4.79 Å². The molecule has 0 aliphatic carbocycles. The van der Waals surface area contributed by atoms with Crippen molar-refractivity contribution in [3.8, 4) is 5.75 Å². The maximum Gasteiger partial charge on any atom is 0.164 e. The third-order valence-corrected chi connectivity index (χ3v) is 4.12. The van der Waals surface area contributed by atoms with Crippen LogP contribution < -0.4 is 10.1 Å². The van der Waals surface area contributed by atoms with Crippen LogP contribution in [0.2, 0.25) is 0 Å². The summed E-state index contributed by atoms with van der Waals surface area (Å²) in [7, 11) is 0. The maximum atomic E-state index is 12.6. The lowest BCUT2D eigenvalue weighted by Crippen LogP contribution is -2.44. The molecule has 1 aliphatic rings. The van der Waals surface area contributed by atoms with E-state index in [2.05, 4.69) is 17.1 Å². The second-order valence-electron chi connectivity index (χ2n) is 6.05. The van der Waals surface area contributed by atoms with Gasteiger partial charge in [-0.15, -0.1) is 0 Å². The Kier molecular flexibility index (Phi) is 6.40. The van der Waals surface area contributed by atoms with Gasteiger partial charge in [-0.2, -0.15) is 0 Å². The molecule has 1 N–H and O–H groups in total. The lowest BCUT2D eigenvalue weighted by molar-refractivity contribution is 0.0959. The number of benzene rings is 1. The average Bonchev–Trinajstić information content (AvgIpc) is 2.51. The number of nitrogens with one attached hydrogen (secondary N) is 1. The molecular weight excluding hydrogens is 276 g/mol. The molecule has 1 aromatic rings. The number of ether oxygens (including phenoxy) is 1. The van der Waals surface area contributed by atoms with Gasteiger partial charge in [0, 0.05) is 44.7 Å². The molecule has 4 nitrogen and oxygen atoms in total. The van der Waals surface area contributed by atoms with Gasteiger partial charge in [0.1, 0.15) is 5.75 Å². The molecule has 0 spiro atoms. The fraction of sp³-hybridized carbons (Fsp3) is 0.611. The summed E-state index contributed by atoms with van der Waals surface area (Å²) in [6, 6.07) is 3.97. The van der Waals surface area contributed by atoms with Crippen molar-refractivity contribution in [1.82, 2.24) is 10.2 Å². The van der Waals surface area contributed by atoms with Crippen LogP contribution in [-0.4, -0.2) is 50.0 Å². The van der Waals surface area contributed by atoms with Crippen molar-refractivity contribution in [2.45, 2.75) is 33.6 Å². The predicted octanol–water partition coefficient (Wildman–Crippen LogP) is 2.57. The Balaban J connectivity index is 1.99. The summed E-state index contributed by atoms with van der Waals surface area (Å²) < 4.78 is 5.68. The molecule has 0 atom stereocenters. The van der Waals surface area contributed by atoms with Gasteiger partial charge in [0.2, 0.25) is 0 Å². The number of carbonyl (C=O) groups excluding carboxylic acids is 1. The van der Waals surface area contributed by atoms with Crippen molar-refractivity contribution >= 4 is 5.78 Å². The largest absolute Gasteiger partial charge is 0.494 e. The van der Waals surface area contributed by atoms with E-state index in [1.165, 1.54) is 0 Å². The van der Waals surface area contributed by atoms with Crippen LogP contribution in [0.25, 0.3) is 0 Å². The topological polar surface area (TPSA) is 41.6 Å². The van der Waals surface area contributed by atoms with E-state index in [1.54, 1.807) is 0 Å². The first-order valence-corrected chi connectivity index (χ1v) is 8.32. The van der Waals surface area contributed by atoms with Crippen molar-refractivity contribution in [3.63, 3.8) is 0 Å². The summed E-state index contributed by atoms with van der Waals surface area (Å²) in [5, 5.41) is 3.33. The SMILES string of the molecule is CCCOc1cc(C)c(C(=O)CCN2CCNCC2)c(C)c1. The van der Waals surface area contributed by atoms with Crippen molar-refractivity contribution < 1.29 is 9.53 Å². The van der Waals surface area contributed by atoms with Crippen LogP contribution in [0.3, 0.4) is 0 Å². The van der Waals surface area contributed by atoms with Crippen LogP contribution in [-0.2, 0) is 0 Å². The first-order valence-electron chi connectivity index (χ1n) is 8.32. The van der Waals surface area contributed by atoms with Crippen molar-refractivity contribution in [3.05, 3.63) is 28.8 Å². The van der Waals surface area contributed by atoms with E-state index in [4.69, 9.17) is 4.74 Å². The fourth-order valence-electron chi connectivity index (χ4n) is 2.99. The molecular formula is C18H28N2O2. The molecule has 1 aromatic carbocycles. The van der Waals surface area contributed by atoms with Crippen LogP contribution in [0, 0.1) is 13.8 Å². The van der Waals surface area contributed by atoms with Crippen LogP contribution in [0.15, 0.2) is 12.1 Å². The van der Waals surface area contributed by atoms with Gasteiger partial charge in [-0.25, -0.2) is 0 Å². The molecule has 22 heavy (non-hydrogen) atoms. The molecule has 1 saturated heterocycles. The Morgan fingerprint density at radius 2 is 1.86 bits per heavy atom. The molecule has 0 amide bonds. The quantitative estimate of drug-likeness (QED) is 0.786. The lowest BCUT2D eigenvalue weighted by Gasteiger charge is -2.27. The first-order chi connectivity index (χ1) is 10.6. The number of carbonyl (C=O) groups is 1. The number of piperazine rings is 1. The minimum absolute atomic E-state index is 0.246. The number of ketones is 1. The number of Topliss-reactive ketones (excluding diaryl/α,β-unsaturated/α-hetero) is 1. The highest BCUT2D eigenvalue weighted by atomic mass is 16.5. The Morgan fingerprint density at radius 3 is 2.45 bits per heavy atom. The summed E-state index contributed by atoms with van der Waals surface area (Å²) in [4.78, 5) is 14.9. The molecule has 2 rings (SSSR count). The van der Waals surface area contributed by atoms with E-state index in [1.807, 2.05) is 26.0 Å². The summed E-state index contributed by atoms with van der Waals surface area (Å²) >= 11 is 0. The normalized spacial score (nSPS) is 15.8. The Bertz CT molecular complexity index is 485. The second kappa shape index (κ2) is 8.30.